The second-order valence-electron chi connectivity index (χ2n) is 5.61. The van der Waals surface area contributed by atoms with Crippen LogP contribution in [0.25, 0.3) is 0 Å². The molecule has 0 atom stereocenters. The van der Waals surface area contributed by atoms with Crippen LogP contribution in [0.5, 0.6) is 5.75 Å². The molecule has 2 rings (SSSR count). The Bertz CT molecular complexity index is 668. The third-order valence-electron chi connectivity index (χ3n) is 3.70. The first-order chi connectivity index (χ1) is 11.1. The molecule has 23 heavy (non-hydrogen) atoms. The van der Waals surface area contributed by atoms with Crippen LogP contribution in [0, 0.1) is 13.8 Å². The molecule has 0 aromatic heterocycles. The molecule has 0 spiro atoms. The van der Waals surface area contributed by atoms with Crippen molar-refractivity contribution < 1.29 is 9.53 Å². The molecule has 0 saturated carbocycles. The maximum atomic E-state index is 12.0. The van der Waals surface area contributed by atoms with E-state index < -0.39 is 0 Å². The molecule has 0 aliphatic carbocycles. The summed E-state index contributed by atoms with van der Waals surface area (Å²) < 4.78 is 5.31. The monoisotopic (exact) mass is 312 g/mol. The van der Waals surface area contributed by atoms with E-state index in [1.54, 1.807) is 7.11 Å². The summed E-state index contributed by atoms with van der Waals surface area (Å²) in [4.78, 5) is 12.0. The summed E-state index contributed by atoms with van der Waals surface area (Å²) in [5, 5.41) is 6.25. The van der Waals surface area contributed by atoms with E-state index in [1.165, 1.54) is 0 Å². The van der Waals surface area contributed by atoms with Gasteiger partial charge in [-0.15, -0.1) is 0 Å². The second-order valence-corrected chi connectivity index (χ2v) is 5.61. The van der Waals surface area contributed by atoms with Crippen LogP contribution in [0.4, 0.5) is 5.69 Å². The number of aryl methyl sites for hydroxylation is 2. The van der Waals surface area contributed by atoms with Gasteiger partial charge >= 0.3 is 0 Å². The summed E-state index contributed by atoms with van der Waals surface area (Å²) >= 11 is 0. The van der Waals surface area contributed by atoms with Gasteiger partial charge in [-0.1, -0.05) is 30.3 Å². The van der Waals surface area contributed by atoms with Gasteiger partial charge in [0.05, 0.1) is 7.11 Å². The van der Waals surface area contributed by atoms with Gasteiger partial charge in [0.15, 0.2) is 0 Å². The molecule has 0 radical (unpaired) electrons. The fourth-order valence-corrected chi connectivity index (χ4v) is 2.36. The maximum Gasteiger partial charge on any atom is 0.225 e. The Morgan fingerprint density at radius 3 is 2.70 bits per heavy atom. The molecule has 0 fully saturated rings. The van der Waals surface area contributed by atoms with Crippen molar-refractivity contribution in [2.45, 2.75) is 26.8 Å². The smallest absolute Gasteiger partial charge is 0.225 e. The molecule has 4 heteroatoms. The van der Waals surface area contributed by atoms with E-state index in [4.69, 9.17) is 4.74 Å². The summed E-state index contributed by atoms with van der Waals surface area (Å²) in [6.45, 7) is 5.31. The number of nitrogens with one attached hydrogen (secondary N) is 2. The van der Waals surface area contributed by atoms with Crippen molar-refractivity contribution in [3.05, 3.63) is 59.2 Å². The van der Waals surface area contributed by atoms with E-state index in [-0.39, 0.29) is 5.91 Å². The lowest BCUT2D eigenvalue weighted by Crippen LogP contribution is -2.22. The number of anilines is 1. The molecular formula is C19H24N2O2. The zero-order valence-electron chi connectivity index (χ0n) is 14.0. The van der Waals surface area contributed by atoms with Crippen LogP contribution < -0.4 is 15.4 Å². The van der Waals surface area contributed by atoms with E-state index in [2.05, 4.69) is 10.6 Å². The van der Waals surface area contributed by atoms with E-state index in [9.17, 15) is 4.79 Å². The van der Waals surface area contributed by atoms with Crippen molar-refractivity contribution in [2.75, 3.05) is 19.0 Å². The van der Waals surface area contributed by atoms with Gasteiger partial charge in [0.25, 0.3) is 0 Å². The highest BCUT2D eigenvalue weighted by Crippen LogP contribution is 2.17. The summed E-state index contributed by atoms with van der Waals surface area (Å²) in [7, 11) is 1.66. The molecule has 2 aromatic rings. The zero-order valence-corrected chi connectivity index (χ0v) is 14.0. The SMILES string of the molecule is COc1ccccc1CNCCC(=O)Nc1cc(C)ccc1C. The molecule has 0 unspecified atom stereocenters. The molecule has 2 N–H and O–H groups in total. The predicted molar refractivity (Wildman–Crippen MR) is 93.9 cm³/mol. The highest BCUT2D eigenvalue weighted by molar-refractivity contribution is 5.91. The zero-order chi connectivity index (χ0) is 16.7. The molecule has 0 bridgehead atoms. The minimum absolute atomic E-state index is 0.0197. The number of carbonyl (C=O) groups is 1. The Balaban J connectivity index is 1.78. The van der Waals surface area contributed by atoms with E-state index in [0.29, 0.717) is 19.5 Å². The van der Waals surface area contributed by atoms with Crippen LogP contribution in [0.2, 0.25) is 0 Å². The van der Waals surface area contributed by atoms with Gasteiger partial charge in [-0.25, -0.2) is 0 Å². The number of methoxy groups -OCH3 is 1. The first-order valence-corrected chi connectivity index (χ1v) is 7.80. The molecule has 4 nitrogen and oxygen atoms in total. The van der Waals surface area contributed by atoms with Crippen molar-refractivity contribution in [2.24, 2.45) is 0 Å². The molecule has 0 saturated heterocycles. The lowest BCUT2D eigenvalue weighted by Gasteiger charge is -2.11. The van der Waals surface area contributed by atoms with Gasteiger partial charge < -0.3 is 15.4 Å². The van der Waals surface area contributed by atoms with E-state index in [1.807, 2.05) is 56.3 Å². The number of benzene rings is 2. The topological polar surface area (TPSA) is 50.4 Å². The molecule has 1 amide bonds. The molecule has 122 valence electrons. The van der Waals surface area contributed by atoms with Crippen molar-refractivity contribution in [1.82, 2.24) is 5.32 Å². The Hall–Kier alpha value is -2.33. The van der Waals surface area contributed by atoms with Gasteiger partial charge in [-0.2, -0.15) is 0 Å². The quantitative estimate of drug-likeness (QED) is 0.770. The van der Waals surface area contributed by atoms with Crippen LogP contribution in [-0.4, -0.2) is 19.6 Å². The summed E-state index contributed by atoms with van der Waals surface area (Å²) in [6.07, 6.45) is 0.433. The van der Waals surface area contributed by atoms with Gasteiger partial charge in [-0.05, 0) is 37.1 Å². The Kier molecular flexibility index (Phi) is 6.18. The standard InChI is InChI=1S/C19H24N2O2/c1-14-8-9-15(2)17(12-14)21-19(22)10-11-20-13-16-6-4-5-7-18(16)23-3/h4-9,12,20H,10-11,13H2,1-3H3,(H,21,22). The Morgan fingerprint density at radius 1 is 1.13 bits per heavy atom. The van der Waals surface area contributed by atoms with Gasteiger partial charge in [0, 0.05) is 30.8 Å². The molecule has 2 aromatic carbocycles. The van der Waals surface area contributed by atoms with Gasteiger partial charge in [0.1, 0.15) is 5.75 Å². The molecule has 0 heterocycles. The van der Waals surface area contributed by atoms with Crippen LogP contribution in [0.3, 0.4) is 0 Å². The highest BCUT2D eigenvalue weighted by atomic mass is 16.5. The van der Waals surface area contributed by atoms with Crippen molar-refractivity contribution in [3.63, 3.8) is 0 Å². The minimum atomic E-state index is 0.0197. The van der Waals surface area contributed by atoms with Crippen LogP contribution >= 0.6 is 0 Å². The fraction of sp³-hybridized carbons (Fsp3) is 0.316. The Morgan fingerprint density at radius 2 is 1.91 bits per heavy atom. The fourth-order valence-electron chi connectivity index (χ4n) is 2.36. The summed E-state index contributed by atoms with van der Waals surface area (Å²) in [5.41, 5.74) is 4.19. The normalized spacial score (nSPS) is 10.4. The van der Waals surface area contributed by atoms with Crippen molar-refractivity contribution >= 4 is 11.6 Å². The number of hydrogen-bond donors (Lipinski definition) is 2. The van der Waals surface area contributed by atoms with Crippen molar-refractivity contribution in [3.8, 4) is 5.75 Å². The predicted octanol–water partition coefficient (Wildman–Crippen LogP) is 3.43. The van der Waals surface area contributed by atoms with Crippen LogP contribution in [0.15, 0.2) is 42.5 Å². The lowest BCUT2D eigenvalue weighted by atomic mass is 10.1. The van der Waals surface area contributed by atoms with Gasteiger partial charge in [0.2, 0.25) is 5.91 Å². The minimum Gasteiger partial charge on any atom is -0.496 e. The maximum absolute atomic E-state index is 12.0. The molecular weight excluding hydrogens is 288 g/mol. The third-order valence-corrected chi connectivity index (χ3v) is 3.70. The lowest BCUT2D eigenvalue weighted by molar-refractivity contribution is -0.116. The average Bonchev–Trinajstić information content (AvgIpc) is 2.55. The number of amides is 1. The molecule has 0 aliphatic heterocycles. The van der Waals surface area contributed by atoms with Crippen LogP contribution in [0.1, 0.15) is 23.1 Å². The Labute approximate surface area is 137 Å². The van der Waals surface area contributed by atoms with Crippen molar-refractivity contribution in [1.29, 1.82) is 0 Å². The highest BCUT2D eigenvalue weighted by Gasteiger charge is 2.06. The van der Waals surface area contributed by atoms with Crippen LogP contribution in [-0.2, 0) is 11.3 Å². The number of ether oxygens (including phenoxy) is 1. The van der Waals surface area contributed by atoms with E-state index >= 15 is 0 Å². The third kappa shape index (κ3) is 5.11. The summed E-state index contributed by atoms with van der Waals surface area (Å²) in [5.74, 6) is 0.881. The number of hydrogen-bond acceptors (Lipinski definition) is 3. The molecule has 0 aliphatic rings. The first kappa shape index (κ1) is 17.0. The first-order valence-electron chi connectivity index (χ1n) is 7.80. The summed E-state index contributed by atoms with van der Waals surface area (Å²) in [6, 6.07) is 13.9. The largest absolute Gasteiger partial charge is 0.496 e. The number of carbonyl (C=O) groups excluding carboxylic acids is 1. The second kappa shape index (κ2) is 8.34. The number of rotatable bonds is 7. The number of para-hydroxylation sites is 1. The average molecular weight is 312 g/mol. The van der Waals surface area contributed by atoms with Gasteiger partial charge in [-0.3, -0.25) is 4.79 Å². The van der Waals surface area contributed by atoms with E-state index in [0.717, 1.165) is 28.1 Å².